The van der Waals surface area contributed by atoms with Crippen LogP contribution in [0.15, 0.2) is 53.6 Å². The Morgan fingerprint density at radius 1 is 1.32 bits per heavy atom. The van der Waals surface area contributed by atoms with Crippen molar-refractivity contribution in [3.8, 4) is 11.5 Å². The number of hydrogen-bond acceptors (Lipinski definition) is 2. The zero-order valence-corrected chi connectivity index (χ0v) is 16.9. The molecule has 5 heteroatoms. The van der Waals surface area contributed by atoms with Gasteiger partial charge in [0.1, 0.15) is 0 Å². The molecule has 0 aliphatic carbocycles. The van der Waals surface area contributed by atoms with Gasteiger partial charge < -0.3 is 9.47 Å². The van der Waals surface area contributed by atoms with E-state index in [1.165, 1.54) is 6.07 Å². The van der Waals surface area contributed by atoms with E-state index in [9.17, 15) is 8.78 Å². The molecule has 0 bridgehead atoms. The first kappa shape index (κ1) is 21.9. The van der Waals surface area contributed by atoms with Gasteiger partial charge in [-0.1, -0.05) is 39.5 Å². The zero-order chi connectivity index (χ0) is 21.0. The molecule has 2 rings (SSSR count). The van der Waals surface area contributed by atoms with Crippen LogP contribution in [0, 0.1) is 17.6 Å². The van der Waals surface area contributed by atoms with Gasteiger partial charge in [0.25, 0.3) is 0 Å². The summed E-state index contributed by atoms with van der Waals surface area (Å²) >= 11 is 0. The fraction of sp³-hybridized carbons (Fsp3) is 0.391. The highest BCUT2D eigenvalue weighted by Crippen LogP contribution is 2.41. The molecular formula is C23H27F3O2. The van der Waals surface area contributed by atoms with Crippen LogP contribution in [-0.2, 0) is 6.42 Å². The maximum Gasteiger partial charge on any atom is 0.205 e. The second kappa shape index (κ2) is 9.18. The van der Waals surface area contributed by atoms with E-state index in [2.05, 4.69) is 27.0 Å². The van der Waals surface area contributed by atoms with Crippen LogP contribution >= 0.6 is 0 Å². The Morgan fingerprint density at radius 2 is 2.00 bits per heavy atom. The maximum atomic E-state index is 15.0. The lowest BCUT2D eigenvalue weighted by atomic mass is 9.96. The molecule has 0 saturated carbocycles. The third-order valence-corrected chi connectivity index (χ3v) is 4.90. The molecule has 28 heavy (non-hydrogen) atoms. The van der Waals surface area contributed by atoms with Gasteiger partial charge in [0.2, 0.25) is 11.6 Å². The molecule has 1 aromatic rings. The van der Waals surface area contributed by atoms with Crippen molar-refractivity contribution in [2.75, 3.05) is 6.61 Å². The van der Waals surface area contributed by atoms with Gasteiger partial charge in [-0.2, -0.15) is 8.78 Å². The largest absolute Gasteiger partial charge is 0.491 e. The number of ether oxygens (including phenoxy) is 2. The average molecular weight is 392 g/mol. The molecule has 1 heterocycles. The maximum absolute atomic E-state index is 15.0. The van der Waals surface area contributed by atoms with E-state index >= 15 is 4.39 Å². The van der Waals surface area contributed by atoms with Crippen LogP contribution < -0.4 is 9.47 Å². The van der Waals surface area contributed by atoms with Gasteiger partial charge in [0.05, 0.1) is 6.61 Å². The molecule has 0 N–H and O–H groups in total. The van der Waals surface area contributed by atoms with Gasteiger partial charge in [-0.3, -0.25) is 0 Å². The summed E-state index contributed by atoms with van der Waals surface area (Å²) in [6.07, 6.45) is 3.86. The van der Waals surface area contributed by atoms with Gasteiger partial charge in [-0.05, 0) is 43.4 Å². The van der Waals surface area contributed by atoms with Gasteiger partial charge in [-0.25, -0.2) is 4.39 Å². The molecule has 1 aliphatic rings. The number of hydrogen-bond donors (Lipinski definition) is 0. The van der Waals surface area contributed by atoms with E-state index in [-0.39, 0.29) is 35.9 Å². The Hall–Kier alpha value is -2.43. The van der Waals surface area contributed by atoms with Crippen LogP contribution in [0.1, 0.15) is 46.1 Å². The zero-order valence-electron chi connectivity index (χ0n) is 16.9. The van der Waals surface area contributed by atoms with E-state index < -0.39 is 17.5 Å². The van der Waals surface area contributed by atoms with Gasteiger partial charge in [0.15, 0.2) is 23.1 Å². The molecule has 0 aromatic heterocycles. The van der Waals surface area contributed by atoms with Crippen molar-refractivity contribution >= 4 is 0 Å². The Labute approximate surface area is 165 Å². The van der Waals surface area contributed by atoms with Gasteiger partial charge >= 0.3 is 0 Å². The van der Waals surface area contributed by atoms with E-state index in [0.717, 1.165) is 12.8 Å². The summed E-state index contributed by atoms with van der Waals surface area (Å²) in [6.45, 7) is 15.5. The van der Waals surface area contributed by atoms with Crippen LogP contribution in [0.5, 0.6) is 11.5 Å². The number of allylic oxidation sites excluding steroid dienone is 5. The smallest absolute Gasteiger partial charge is 0.205 e. The molecule has 1 aliphatic heterocycles. The Balaban J connectivity index is 2.37. The number of rotatable bonds is 7. The quantitative estimate of drug-likeness (QED) is 0.466. The van der Waals surface area contributed by atoms with E-state index in [1.807, 2.05) is 6.08 Å². The van der Waals surface area contributed by atoms with Crippen molar-refractivity contribution in [1.29, 1.82) is 0 Å². The van der Waals surface area contributed by atoms with E-state index in [0.29, 0.717) is 22.6 Å². The van der Waals surface area contributed by atoms with Crippen molar-refractivity contribution in [2.45, 2.75) is 47.0 Å². The molecule has 0 saturated heterocycles. The summed E-state index contributed by atoms with van der Waals surface area (Å²) in [7, 11) is 0. The van der Waals surface area contributed by atoms with E-state index in [1.54, 1.807) is 13.8 Å². The monoisotopic (exact) mass is 392 g/mol. The second-order valence-electron chi connectivity index (χ2n) is 7.06. The molecule has 1 aromatic carbocycles. The Morgan fingerprint density at radius 3 is 2.61 bits per heavy atom. The van der Waals surface area contributed by atoms with Crippen molar-refractivity contribution in [3.05, 3.63) is 70.8 Å². The predicted octanol–water partition coefficient (Wildman–Crippen LogP) is 6.97. The van der Waals surface area contributed by atoms with Crippen molar-refractivity contribution < 1.29 is 22.6 Å². The normalized spacial score (nSPS) is 17.0. The predicted molar refractivity (Wildman–Crippen MR) is 106 cm³/mol. The summed E-state index contributed by atoms with van der Waals surface area (Å²) in [5.41, 5.74) is 1.51. The SMILES string of the molecule is C=C1Cc2cc(OCC)c(F)c(F)c2O/C1=C(\F)C(=C)/C(C)=C/CC(C)CC. The average Bonchev–Trinajstić information content (AvgIpc) is 2.68. The molecular weight excluding hydrogens is 365 g/mol. The topological polar surface area (TPSA) is 18.5 Å². The second-order valence-corrected chi connectivity index (χ2v) is 7.06. The summed E-state index contributed by atoms with van der Waals surface area (Å²) in [5, 5.41) is 0. The summed E-state index contributed by atoms with van der Waals surface area (Å²) < 4.78 is 54.2. The highest BCUT2D eigenvalue weighted by molar-refractivity contribution is 5.54. The molecule has 0 fully saturated rings. The fourth-order valence-electron chi connectivity index (χ4n) is 2.80. The minimum atomic E-state index is -1.20. The molecule has 1 unspecified atom stereocenters. The molecule has 2 nitrogen and oxygen atoms in total. The van der Waals surface area contributed by atoms with E-state index in [4.69, 9.17) is 9.47 Å². The minimum Gasteiger partial charge on any atom is -0.491 e. The van der Waals surface area contributed by atoms with Crippen LogP contribution in [0.25, 0.3) is 0 Å². The standard InChI is InChI=1S/C23H27F3O2/c1-7-13(3)9-10-14(4)16(6)19(24)22-15(5)11-17-12-18(27-8-2)20(25)21(26)23(17)28-22/h10,12-13H,5-9,11H2,1-4H3/b14-10+,22-19-. The molecule has 1 atom stereocenters. The summed E-state index contributed by atoms with van der Waals surface area (Å²) in [5.74, 6) is -3.35. The Bertz CT molecular complexity index is 850. The lowest BCUT2D eigenvalue weighted by Crippen LogP contribution is -2.15. The lowest BCUT2D eigenvalue weighted by Gasteiger charge is -2.24. The number of fused-ring (bicyclic) bond motifs is 1. The molecule has 0 spiro atoms. The third-order valence-electron chi connectivity index (χ3n) is 4.90. The van der Waals surface area contributed by atoms with Gasteiger partial charge in [-0.15, -0.1) is 0 Å². The van der Waals surface area contributed by atoms with Crippen LogP contribution in [0.4, 0.5) is 13.2 Å². The van der Waals surface area contributed by atoms with Crippen molar-refractivity contribution in [1.82, 2.24) is 0 Å². The minimum absolute atomic E-state index is 0.123. The highest BCUT2D eigenvalue weighted by atomic mass is 19.2. The van der Waals surface area contributed by atoms with Crippen molar-refractivity contribution in [2.24, 2.45) is 5.92 Å². The molecule has 0 radical (unpaired) electrons. The first-order valence-corrected chi connectivity index (χ1v) is 9.46. The fourth-order valence-corrected chi connectivity index (χ4v) is 2.80. The Kier molecular flexibility index (Phi) is 7.17. The molecule has 0 amide bonds. The van der Waals surface area contributed by atoms with Crippen LogP contribution in [0.3, 0.4) is 0 Å². The third kappa shape index (κ3) is 4.51. The summed E-state index contributed by atoms with van der Waals surface area (Å²) in [4.78, 5) is 0. The number of benzene rings is 1. The van der Waals surface area contributed by atoms with Crippen LogP contribution in [-0.4, -0.2) is 6.61 Å². The van der Waals surface area contributed by atoms with Crippen LogP contribution in [0.2, 0.25) is 0 Å². The first-order valence-electron chi connectivity index (χ1n) is 9.46. The lowest BCUT2D eigenvalue weighted by molar-refractivity contribution is 0.302. The highest BCUT2D eigenvalue weighted by Gasteiger charge is 2.29. The van der Waals surface area contributed by atoms with Crippen molar-refractivity contribution in [3.63, 3.8) is 0 Å². The summed E-state index contributed by atoms with van der Waals surface area (Å²) in [6, 6.07) is 1.36. The van der Waals surface area contributed by atoms with Gasteiger partial charge in [0, 0.05) is 17.6 Å². The first-order chi connectivity index (χ1) is 13.2. The number of halogens is 3. The molecule has 152 valence electrons.